The molecular weight excluding hydrogens is 596 g/mol. The Kier molecular flexibility index (Phi) is 39.4. The van der Waals surface area contributed by atoms with Crippen molar-refractivity contribution in [2.75, 3.05) is 19.8 Å². The van der Waals surface area contributed by atoms with Crippen LogP contribution in [0.25, 0.3) is 0 Å². The van der Waals surface area contributed by atoms with Crippen molar-refractivity contribution < 1.29 is 23.8 Å². The number of ether oxygens (including phenoxy) is 3. The summed E-state index contributed by atoms with van der Waals surface area (Å²) in [6, 6.07) is 0. The fourth-order valence-electron chi connectivity index (χ4n) is 6.39. The molecule has 0 aromatic heterocycles. The van der Waals surface area contributed by atoms with Crippen molar-refractivity contribution in [3.63, 3.8) is 0 Å². The van der Waals surface area contributed by atoms with Crippen LogP contribution in [0.5, 0.6) is 0 Å². The lowest BCUT2D eigenvalue weighted by Crippen LogP contribution is -2.30. The van der Waals surface area contributed by atoms with E-state index in [2.05, 4.69) is 20.8 Å². The molecular formula is C43H84O5. The Labute approximate surface area is 300 Å². The van der Waals surface area contributed by atoms with Gasteiger partial charge in [-0.15, -0.1) is 0 Å². The van der Waals surface area contributed by atoms with Crippen molar-refractivity contribution in [1.82, 2.24) is 0 Å². The third kappa shape index (κ3) is 37.7. The van der Waals surface area contributed by atoms with Crippen LogP contribution in [0.4, 0.5) is 0 Å². The molecule has 0 N–H and O–H groups in total. The maximum absolute atomic E-state index is 12.6. The Morgan fingerprint density at radius 3 is 1.06 bits per heavy atom. The minimum atomic E-state index is -0.519. The second-order valence-corrected chi connectivity index (χ2v) is 14.6. The minimum absolute atomic E-state index is 0.0956. The van der Waals surface area contributed by atoms with E-state index in [4.69, 9.17) is 14.2 Å². The fraction of sp³-hybridized carbons (Fsp3) is 0.953. The molecule has 5 nitrogen and oxygen atoms in total. The summed E-state index contributed by atoms with van der Waals surface area (Å²) in [5, 5.41) is 0. The number of unbranched alkanes of at least 4 members (excludes halogenated alkanes) is 29. The van der Waals surface area contributed by atoms with E-state index in [1.165, 1.54) is 173 Å². The predicted octanol–water partition coefficient (Wildman–Crippen LogP) is 13.8. The highest BCUT2D eigenvalue weighted by molar-refractivity contribution is 5.70. The van der Waals surface area contributed by atoms with Gasteiger partial charge in [-0.1, -0.05) is 207 Å². The lowest BCUT2D eigenvalue weighted by molar-refractivity contribution is -0.163. The van der Waals surface area contributed by atoms with Gasteiger partial charge in [-0.25, -0.2) is 0 Å². The van der Waals surface area contributed by atoms with Crippen LogP contribution in [0, 0.1) is 0 Å². The van der Waals surface area contributed by atoms with E-state index in [1.54, 1.807) is 0 Å². The molecule has 0 bridgehead atoms. The van der Waals surface area contributed by atoms with Crippen molar-refractivity contribution in [2.24, 2.45) is 0 Å². The molecule has 0 saturated carbocycles. The molecule has 0 aliphatic carbocycles. The van der Waals surface area contributed by atoms with Gasteiger partial charge in [0, 0.05) is 19.4 Å². The summed E-state index contributed by atoms with van der Waals surface area (Å²) in [5.74, 6) is -0.388. The Morgan fingerprint density at radius 1 is 0.375 bits per heavy atom. The molecule has 0 spiro atoms. The van der Waals surface area contributed by atoms with Crippen molar-refractivity contribution in [2.45, 2.75) is 245 Å². The zero-order valence-corrected chi connectivity index (χ0v) is 32.8. The molecule has 5 heteroatoms. The summed E-state index contributed by atoms with van der Waals surface area (Å²) in [7, 11) is 0. The Bertz CT molecular complexity index is 651. The molecule has 1 unspecified atom stereocenters. The van der Waals surface area contributed by atoms with Crippen LogP contribution in [0.15, 0.2) is 0 Å². The largest absolute Gasteiger partial charge is 0.462 e. The van der Waals surface area contributed by atoms with E-state index in [0.29, 0.717) is 26.1 Å². The summed E-state index contributed by atoms with van der Waals surface area (Å²) in [6.45, 7) is 7.83. The van der Waals surface area contributed by atoms with Gasteiger partial charge < -0.3 is 14.2 Å². The molecule has 0 amide bonds. The summed E-state index contributed by atoms with van der Waals surface area (Å²) < 4.78 is 17.2. The first-order valence-electron chi connectivity index (χ1n) is 21.6. The third-order valence-corrected chi connectivity index (χ3v) is 9.64. The molecule has 1 atom stereocenters. The van der Waals surface area contributed by atoms with Crippen LogP contribution in [0.2, 0.25) is 0 Å². The van der Waals surface area contributed by atoms with Crippen LogP contribution in [-0.2, 0) is 23.8 Å². The first-order chi connectivity index (χ1) is 23.6. The van der Waals surface area contributed by atoms with E-state index in [1.807, 2.05) is 0 Å². The molecule has 0 radical (unpaired) electrons. The number of rotatable bonds is 40. The molecule has 0 aromatic rings. The molecule has 286 valence electrons. The number of esters is 2. The topological polar surface area (TPSA) is 61.8 Å². The second-order valence-electron chi connectivity index (χ2n) is 14.6. The Morgan fingerprint density at radius 2 is 0.688 bits per heavy atom. The zero-order valence-electron chi connectivity index (χ0n) is 32.8. The highest BCUT2D eigenvalue weighted by atomic mass is 16.6. The lowest BCUT2D eigenvalue weighted by atomic mass is 10.0. The fourth-order valence-corrected chi connectivity index (χ4v) is 6.39. The molecule has 0 aliphatic rings. The zero-order chi connectivity index (χ0) is 35.0. The van der Waals surface area contributed by atoms with Gasteiger partial charge in [0.1, 0.15) is 6.61 Å². The SMILES string of the molecule is CCCCCCCCCCCCCCCCOCC(COC(=O)CCCCCCCCCCCCC)OC(=O)CCCCCCCCC. The Hall–Kier alpha value is -1.10. The van der Waals surface area contributed by atoms with Crippen LogP contribution in [0.1, 0.15) is 239 Å². The van der Waals surface area contributed by atoms with Crippen LogP contribution < -0.4 is 0 Å². The number of carbonyl (C=O) groups excluding carboxylic acids is 2. The van der Waals surface area contributed by atoms with E-state index >= 15 is 0 Å². The van der Waals surface area contributed by atoms with Gasteiger partial charge in [0.15, 0.2) is 6.10 Å². The molecule has 0 aliphatic heterocycles. The predicted molar refractivity (Wildman–Crippen MR) is 206 cm³/mol. The van der Waals surface area contributed by atoms with E-state index in [0.717, 1.165) is 32.1 Å². The molecule has 0 fully saturated rings. The van der Waals surface area contributed by atoms with Gasteiger partial charge in [-0.3, -0.25) is 9.59 Å². The molecule has 0 heterocycles. The van der Waals surface area contributed by atoms with Gasteiger partial charge in [0.2, 0.25) is 0 Å². The average molecular weight is 681 g/mol. The van der Waals surface area contributed by atoms with Crippen LogP contribution in [0.3, 0.4) is 0 Å². The summed E-state index contributed by atoms with van der Waals surface area (Å²) >= 11 is 0. The molecule has 0 rings (SSSR count). The van der Waals surface area contributed by atoms with Gasteiger partial charge in [0.25, 0.3) is 0 Å². The van der Waals surface area contributed by atoms with Crippen LogP contribution in [-0.4, -0.2) is 37.9 Å². The van der Waals surface area contributed by atoms with Crippen molar-refractivity contribution in [3.05, 3.63) is 0 Å². The number of carbonyl (C=O) groups is 2. The molecule has 48 heavy (non-hydrogen) atoms. The highest BCUT2D eigenvalue weighted by Crippen LogP contribution is 2.15. The number of hydrogen-bond donors (Lipinski definition) is 0. The van der Waals surface area contributed by atoms with Crippen LogP contribution >= 0.6 is 0 Å². The third-order valence-electron chi connectivity index (χ3n) is 9.64. The normalized spacial score (nSPS) is 12.0. The molecule has 0 aromatic carbocycles. The standard InChI is InChI=1S/C43H84O5/c1-4-7-10-13-16-18-20-21-22-24-26-29-32-35-38-46-39-41(48-43(45)37-34-31-27-15-12-9-6-3)40-47-42(44)36-33-30-28-25-23-19-17-14-11-8-5-2/h41H,4-40H2,1-3H3. The quantitative estimate of drug-likeness (QED) is 0.0476. The second kappa shape index (κ2) is 40.3. The highest BCUT2D eigenvalue weighted by Gasteiger charge is 2.17. The van der Waals surface area contributed by atoms with E-state index in [9.17, 15) is 9.59 Å². The average Bonchev–Trinajstić information content (AvgIpc) is 3.08. The smallest absolute Gasteiger partial charge is 0.306 e. The maximum Gasteiger partial charge on any atom is 0.306 e. The van der Waals surface area contributed by atoms with Crippen molar-refractivity contribution in [1.29, 1.82) is 0 Å². The molecule has 0 saturated heterocycles. The van der Waals surface area contributed by atoms with Crippen molar-refractivity contribution in [3.8, 4) is 0 Å². The number of hydrogen-bond acceptors (Lipinski definition) is 5. The van der Waals surface area contributed by atoms with E-state index in [-0.39, 0.29) is 18.5 Å². The summed E-state index contributed by atoms with van der Waals surface area (Å²) in [4.78, 5) is 25.0. The monoisotopic (exact) mass is 681 g/mol. The van der Waals surface area contributed by atoms with Crippen molar-refractivity contribution >= 4 is 11.9 Å². The first-order valence-corrected chi connectivity index (χ1v) is 21.6. The summed E-state index contributed by atoms with van der Waals surface area (Å²) in [5.41, 5.74) is 0. The van der Waals surface area contributed by atoms with Gasteiger partial charge in [-0.05, 0) is 19.3 Å². The lowest BCUT2D eigenvalue weighted by Gasteiger charge is -2.18. The van der Waals surface area contributed by atoms with Gasteiger partial charge in [-0.2, -0.15) is 0 Å². The van der Waals surface area contributed by atoms with Gasteiger partial charge >= 0.3 is 11.9 Å². The Balaban J connectivity index is 4.11. The van der Waals surface area contributed by atoms with E-state index < -0.39 is 6.10 Å². The maximum atomic E-state index is 12.6. The summed E-state index contributed by atoms with van der Waals surface area (Å²) in [6.07, 6.45) is 41.0. The first kappa shape index (κ1) is 46.9. The van der Waals surface area contributed by atoms with Gasteiger partial charge in [0.05, 0.1) is 6.61 Å². The minimum Gasteiger partial charge on any atom is -0.462 e.